The highest BCUT2D eigenvalue weighted by Crippen LogP contribution is 2.19. The van der Waals surface area contributed by atoms with Crippen molar-refractivity contribution in [2.75, 3.05) is 6.61 Å². The minimum absolute atomic E-state index is 0.162. The first kappa shape index (κ1) is 19.2. The van der Waals surface area contributed by atoms with Crippen molar-refractivity contribution >= 4 is 16.9 Å². The van der Waals surface area contributed by atoms with Gasteiger partial charge in [-0.05, 0) is 44.2 Å². The van der Waals surface area contributed by atoms with Crippen molar-refractivity contribution in [1.82, 2.24) is 20.1 Å². The summed E-state index contributed by atoms with van der Waals surface area (Å²) >= 11 is 0. The lowest BCUT2D eigenvalue weighted by Gasteiger charge is -2.16. The molecule has 0 aliphatic heterocycles. The molecule has 7 heteroatoms. The van der Waals surface area contributed by atoms with Gasteiger partial charge in [0.1, 0.15) is 6.10 Å². The molecule has 2 aromatic rings. The Balaban J connectivity index is 2.09. The standard InChI is InChI=1S/C18H28N4O3/c1-10(2)7-8-25-13(5)17(23)19-9-14-11(3)15-16(20-12(14)4)22(6)21-18(15)24/h10,13H,7-9H2,1-6H3,(H,19,23)(H,21,24)/t13-/m1/s1. The molecule has 2 N–H and O–H groups in total. The van der Waals surface area contributed by atoms with Crippen LogP contribution in [0.5, 0.6) is 0 Å². The number of carbonyl (C=O) groups is 1. The number of rotatable bonds is 7. The van der Waals surface area contributed by atoms with Gasteiger partial charge in [0.15, 0.2) is 5.65 Å². The number of aryl methyl sites for hydroxylation is 3. The molecule has 2 aromatic heterocycles. The van der Waals surface area contributed by atoms with Crippen LogP contribution in [0.3, 0.4) is 0 Å². The molecule has 0 radical (unpaired) electrons. The van der Waals surface area contributed by atoms with Crippen molar-refractivity contribution in [3.8, 4) is 0 Å². The SMILES string of the molecule is Cc1nc2c(c(C)c1CNC(=O)[C@@H](C)OCCC(C)C)c(=O)[nH]n2C. The Labute approximate surface area is 147 Å². The number of aromatic nitrogens is 3. The topological polar surface area (TPSA) is 89.0 Å². The zero-order valence-electron chi connectivity index (χ0n) is 15.9. The number of H-pyrrole nitrogens is 1. The van der Waals surface area contributed by atoms with Crippen LogP contribution >= 0.6 is 0 Å². The van der Waals surface area contributed by atoms with E-state index in [1.807, 2.05) is 13.8 Å². The average molecular weight is 348 g/mol. The molecular weight excluding hydrogens is 320 g/mol. The normalized spacial score (nSPS) is 12.8. The van der Waals surface area contributed by atoms with Crippen molar-refractivity contribution in [1.29, 1.82) is 0 Å². The van der Waals surface area contributed by atoms with E-state index >= 15 is 0 Å². The second-order valence-electron chi connectivity index (χ2n) is 6.91. The predicted molar refractivity (Wildman–Crippen MR) is 97.5 cm³/mol. The molecule has 2 heterocycles. The highest BCUT2D eigenvalue weighted by molar-refractivity contribution is 5.82. The lowest BCUT2D eigenvalue weighted by molar-refractivity contribution is -0.132. The Hall–Kier alpha value is -2.15. The number of nitrogens with one attached hydrogen (secondary N) is 2. The van der Waals surface area contributed by atoms with Crippen LogP contribution in [0.25, 0.3) is 11.0 Å². The summed E-state index contributed by atoms with van der Waals surface area (Å²) < 4.78 is 7.19. The summed E-state index contributed by atoms with van der Waals surface area (Å²) in [5, 5.41) is 6.17. The number of aromatic amines is 1. The Kier molecular flexibility index (Phi) is 6.00. The first-order valence-corrected chi connectivity index (χ1v) is 8.66. The highest BCUT2D eigenvalue weighted by atomic mass is 16.5. The summed E-state index contributed by atoms with van der Waals surface area (Å²) in [6.45, 7) is 10.6. The Morgan fingerprint density at radius 1 is 1.32 bits per heavy atom. The van der Waals surface area contributed by atoms with Gasteiger partial charge in [0.05, 0.1) is 5.39 Å². The minimum Gasteiger partial charge on any atom is -0.369 e. The van der Waals surface area contributed by atoms with Gasteiger partial charge in [-0.25, -0.2) is 4.98 Å². The van der Waals surface area contributed by atoms with Crippen LogP contribution < -0.4 is 10.9 Å². The lowest BCUT2D eigenvalue weighted by Crippen LogP contribution is -2.34. The zero-order valence-corrected chi connectivity index (χ0v) is 15.9. The summed E-state index contributed by atoms with van der Waals surface area (Å²) in [5.41, 5.74) is 2.97. The van der Waals surface area contributed by atoms with Gasteiger partial charge in [-0.2, -0.15) is 0 Å². The molecule has 25 heavy (non-hydrogen) atoms. The molecule has 138 valence electrons. The van der Waals surface area contributed by atoms with E-state index in [4.69, 9.17) is 4.74 Å². The van der Waals surface area contributed by atoms with Crippen LogP contribution in [-0.2, 0) is 23.1 Å². The fraction of sp³-hybridized carbons (Fsp3) is 0.611. The number of nitrogens with zero attached hydrogens (tertiary/aromatic N) is 2. The van der Waals surface area contributed by atoms with E-state index in [1.54, 1.807) is 18.7 Å². The predicted octanol–water partition coefficient (Wildman–Crippen LogP) is 1.95. The second-order valence-corrected chi connectivity index (χ2v) is 6.91. The van der Waals surface area contributed by atoms with Gasteiger partial charge in [-0.1, -0.05) is 13.8 Å². The van der Waals surface area contributed by atoms with Gasteiger partial charge < -0.3 is 10.1 Å². The maximum absolute atomic E-state index is 12.2. The summed E-state index contributed by atoms with van der Waals surface area (Å²) in [6, 6.07) is 0. The molecule has 0 bridgehead atoms. The van der Waals surface area contributed by atoms with Crippen LogP contribution in [0.15, 0.2) is 4.79 Å². The number of hydrogen-bond donors (Lipinski definition) is 2. The Morgan fingerprint density at radius 3 is 2.64 bits per heavy atom. The fourth-order valence-corrected chi connectivity index (χ4v) is 2.78. The highest BCUT2D eigenvalue weighted by Gasteiger charge is 2.18. The zero-order chi connectivity index (χ0) is 18.7. The third-order valence-electron chi connectivity index (χ3n) is 4.45. The summed E-state index contributed by atoms with van der Waals surface area (Å²) in [7, 11) is 1.76. The number of carbonyl (C=O) groups excluding carboxylic acids is 1. The van der Waals surface area contributed by atoms with E-state index in [0.717, 1.165) is 23.2 Å². The molecule has 2 rings (SSSR count). The smallest absolute Gasteiger partial charge is 0.273 e. The molecule has 1 amide bonds. The largest absolute Gasteiger partial charge is 0.369 e. The number of hydrogen-bond acceptors (Lipinski definition) is 4. The molecule has 0 aliphatic carbocycles. The van der Waals surface area contributed by atoms with E-state index in [0.29, 0.717) is 30.1 Å². The lowest BCUT2D eigenvalue weighted by atomic mass is 10.0. The first-order valence-electron chi connectivity index (χ1n) is 8.66. The number of pyridine rings is 1. The number of amides is 1. The van der Waals surface area contributed by atoms with E-state index in [9.17, 15) is 9.59 Å². The third-order valence-corrected chi connectivity index (χ3v) is 4.45. The number of ether oxygens (including phenoxy) is 1. The molecule has 7 nitrogen and oxygen atoms in total. The maximum Gasteiger partial charge on any atom is 0.273 e. The molecular formula is C18H28N4O3. The van der Waals surface area contributed by atoms with Crippen LogP contribution in [0.4, 0.5) is 0 Å². The molecule has 0 unspecified atom stereocenters. The van der Waals surface area contributed by atoms with Gasteiger partial charge in [0.2, 0.25) is 5.91 Å². The first-order chi connectivity index (χ1) is 11.7. The number of fused-ring (bicyclic) bond motifs is 1. The Bertz CT molecular complexity index is 820. The van der Waals surface area contributed by atoms with Crippen LogP contribution in [-0.4, -0.2) is 33.4 Å². The van der Waals surface area contributed by atoms with E-state index in [1.165, 1.54) is 0 Å². The van der Waals surface area contributed by atoms with Crippen molar-refractivity contribution < 1.29 is 9.53 Å². The average Bonchev–Trinajstić information content (AvgIpc) is 2.80. The van der Waals surface area contributed by atoms with Crippen molar-refractivity contribution in [2.24, 2.45) is 13.0 Å². The maximum atomic E-state index is 12.2. The van der Waals surface area contributed by atoms with Gasteiger partial charge >= 0.3 is 0 Å². The van der Waals surface area contributed by atoms with E-state index in [2.05, 4.69) is 29.2 Å². The summed E-state index contributed by atoms with van der Waals surface area (Å²) in [6.07, 6.45) is 0.420. The van der Waals surface area contributed by atoms with E-state index in [-0.39, 0.29) is 11.5 Å². The van der Waals surface area contributed by atoms with Gasteiger partial charge in [0, 0.05) is 25.9 Å². The van der Waals surface area contributed by atoms with Crippen LogP contribution in [0, 0.1) is 19.8 Å². The van der Waals surface area contributed by atoms with Gasteiger partial charge in [-0.15, -0.1) is 0 Å². The van der Waals surface area contributed by atoms with Gasteiger partial charge in [0.25, 0.3) is 5.56 Å². The van der Waals surface area contributed by atoms with E-state index < -0.39 is 6.10 Å². The van der Waals surface area contributed by atoms with Crippen molar-refractivity contribution in [3.05, 3.63) is 27.2 Å². The molecule has 0 aliphatic rings. The summed E-state index contributed by atoms with van der Waals surface area (Å²) in [5.74, 6) is 0.381. The molecule has 1 atom stereocenters. The van der Waals surface area contributed by atoms with Crippen LogP contribution in [0.2, 0.25) is 0 Å². The molecule has 0 spiro atoms. The third kappa shape index (κ3) is 4.28. The minimum atomic E-state index is -0.504. The van der Waals surface area contributed by atoms with Gasteiger partial charge in [-0.3, -0.25) is 19.4 Å². The van der Waals surface area contributed by atoms with Crippen LogP contribution in [0.1, 0.15) is 44.0 Å². The summed E-state index contributed by atoms with van der Waals surface area (Å²) in [4.78, 5) is 28.8. The van der Waals surface area contributed by atoms with Crippen molar-refractivity contribution in [2.45, 2.75) is 53.7 Å². The molecule has 0 saturated carbocycles. The Morgan fingerprint density at radius 2 is 2.00 bits per heavy atom. The monoisotopic (exact) mass is 348 g/mol. The molecule has 0 aromatic carbocycles. The van der Waals surface area contributed by atoms with Crippen molar-refractivity contribution in [3.63, 3.8) is 0 Å². The quantitative estimate of drug-likeness (QED) is 0.800. The fourth-order valence-electron chi connectivity index (χ4n) is 2.78. The second kappa shape index (κ2) is 7.82. The molecule has 0 saturated heterocycles. The molecule has 0 fully saturated rings.